The Morgan fingerprint density at radius 2 is 1.87 bits per heavy atom. The standard InChI is InChI=1S/C24H33FN4O/c1-4-6-7-11-23(30)28-12-14-29(15-13-28)24-21(22(5-2)26-18(3)27-24)17-19-9-8-10-20(25)16-19/h8-10,16H,4-7,11-15,17H2,1-3H3. The van der Waals surface area contributed by atoms with E-state index >= 15 is 0 Å². The van der Waals surface area contributed by atoms with Gasteiger partial charge in [0.15, 0.2) is 0 Å². The molecule has 0 atom stereocenters. The van der Waals surface area contributed by atoms with Crippen LogP contribution in [0.3, 0.4) is 0 Å². The van der Waals surface area contributed by atoms with Crippen LogP contribution >= 0.6 is 0 Å². The summed E-state index contributed by atoms with van der Waals surface area (Å²) >= 11 is 0. The molecule has 5 nitrogen and oxygen atoms in total. The zero-order valence-electron chi connectivity index (χ0n) is 18.5. The van der Waals surface area contributed by atoms with Gasteiger partial charge in [-0.1, -0.05) is 38.8 Å². The lowest BCUT2D eigenvalue weighted by Gasteiger charge is -2.36. The first-order chi connectivity index (χ1) is 14.5. The molecule has 1 aromatic heterocycles. The molecule has 0 bridgehead atoms. The molecule has 1 aliphatic heterocycles. The molecule has 0 unspecified atom stereocenters. The van der Waals surface area contributed by atoms with Crippen LogP contribution in [0.2, 0.25) is 0 Å². The van der Waals surface area contributed by atoms with Gasteiger partial charge in [0, 0.05) is 50.3 Å². The van der Waals surface area contributed by atoms with Gasteiger partial charge in [-0.2, -0.15) is 0 Å². The maximum atomic E-state index is 13.7. The van der Waals surface area contributed by atoms with E-state index in [1.54, 1.807) is 12.1 Å². The van der Waals surface area contributed by atoms with Crippen LogP contribution in [0.4, 0.5) is 10.2 Å². The van der Waals surface area contributed by atoms with Crippen LogP contribution in [0.25, 0.3) is 0 Å². The van der Waals surface area contributed by atoms with Gasteiger partial charge >= 0.3 is 0 Å². The minimum atomic E-state index is -0.227. The molecule has 0 aliphatic carbocycles. The van der Waals surface area contributed by atoms with Crippen LogP contribution in [-0.4, -0.2) is 47.0 Å². The maximum Gasteiger partial charge on any atom is 0.222 e. The fourth-order valence-corrected chi connectivity index (χ4v) is 4.08. The SMILES string of the molecule is CCCCCC(=O)N1CCN(c2nc(C)nc(CC)c2Cc2cccc(F)c2)CC1. The highest BCUT2D eigenvalue weighted by molar-refractivity contribution is 5.76. The number of nitrogens with zero attached hydrogens (tertiary/aromatic N) is 4. The normalized spacial score (nSPS) is 14.3. The fraction of sp³-hybridized carbons (Fsp3) is 0.542. The van der Waals surface area contributed by atoms with Gasteiger partial charge in [-0.15, -0.1) is 0 Å². The van der Waals surface area contributed by atoms with E-state index in [2.05, 4.69) is 23.7 Å². The van der Waals surface area contributed by atoms with Crippen molar-refractivity contribution in [3.05, 3.63) is 52.7 Å². The molecule has 162 valence electrons. The quantitative estimate of drug-likeness (QED) is 0.607. The van der Waals surface area contributed by atoms with Gasteiger partial charge in [0.25, 0.3) is 0 Å². The summed E-state index contributed by atoms with van der Waals surface area (Å²) in [5, 5.41) is 0. The monoisotopic (exact) mass is 412 g/mol. The molecule has 0 N–H and O–H groups in total. The number of piperazine rings is 1. The number of hydrogen-bond donors (Lipinski definition) is 0. The fourth-order valence-electron chi connectivity index (χ4n) is 4.08. The lowest BCUT2D eigenvalue weighted by molar-refractivity contribution is -0.131. The van der Waals surface area contributed by atoms with Crippen molar-refractivity contribution < 1.29 is 9.18 Å². The number of rotatable bonds is 8. The first-order valence-electron chi connectivity index (χ1n) is 11.1. The van der Waals surface area contributed by atoms with Gasteiger partial charge in [-0.25, -0.2) is 14.4 Å². The van der Waals surface area contributed by atoms with Crippen LogP contribution in [0.15, 0.2) is 24.3 Å². The Bertz CT molecular complexity index is 862. The lowest BCUT2D eigenvalue weighted by atomic mass is 10.0. The second kappa shape index (κ2) is 10.5. The number of carbonyl (C=O) groups is 1. The molecule has 1 amide bonds. The van der Waals surface area contributed by atoms with Gasteiger partial charge in [0.1, 0.15) is 17.5 Å². The van der Waals surface area contributed by atoms with Crippen LogP contribution in [-0.2, 0) is 17.6 Å². The maximum absolute atomic E-state index is 13.7. The van der Waals surface area contributed by atoms with Crippen molar-refractivity contribution in [2.75, 3.05) is 31.1 Å². The summed E-state index contributed by atoms with van der Waals surface area (Å²) in [4.78, 5) is 26.1. The smallest absolute Gasteiger partial charge is 0.222 e. The summed E-state index contributed by atoms with van der Waals surface area (Å²) in [5.74, 6) is 1.72. The first kappa shape index (κ1) is 22.2. The predicted octanol–water partition coefficient (Wildman–Crippen LogP) is 4.31. The number of aromatic nitrogens is 2. The van der Waals surface area contributed by atoms with Gasteiger partial charge in [-0.05, 0) is 37.5 Å². The lowest BCUT2D eigenvalue weighted by Crippen LogP contribution is -2.49. The molecule has 2 aromatic rings. The Labute approximate surface area is 179 Å². The van der Waals surface area contributed by atoms with E-state index in [0.717, 1.165) is 80.3 Å². The molecule has 0 spiro atoms. The number of unbranched alkanes of at least 4 members (excludes halogenated alkanes) is 2. The topological polar surface area (TPSA) is 49.3 Å². The zero-order valence-corrected chi connectivity index (χ0v) is 18.5. The van der Waals surface area contributed by atoms with Crippen LogP contribution in [0.1, 0.15) is 62.2 Å². The van der Waals surface area contributed by atoms with Crippen molar-refractivity contribution in [2.24, 2.45) is 0 Å². The van der Waals surface area contributed by atoms with Crippen molar-refractivity contribution in [2.45, 2.75) is 59.3 Å². The van der Waals surface area contributed by atoms with Crippen molar-refractivity contribution in [1.29, 1.82) is 0 Å². The van der Waals surface area contributed by atoms with E-state index in [1.807, 2.05) is 17.9 Å². The van der Waals surface area contributed by atoms with E-state index < -0.39 is 0 Å². The van der Waals surface area contributed by atoms with Crippen molar-refractivity contribution >= 4 is 11.7 Å². The summed E-state index contributed by atoms with van der Waals surface area (Å²) in [6.45, 7) is 9.11. The number of aryl methyl sites for hydroxylation is 2. The average molecular weight is 413 g/mol. The van der Waals surface area contributed by atoms with Gasteiger partial charge in [0.05, 0.1) is 0 Å². The zero-order chi connectivity index (χ0) is 21.5. The second-order valence-electron chi connectivity index (χ2n) is 8.00. The molecule has 6 heteroatoms. The van der Waals surface area contributed by atoms with Crippen molar-refractivity contribution in [1.82, 2.24) is 14.9 Å². The number of amides is 1. The van der Waals surface area contributed by atoms with Crippen molar-refractivity contribution in [3.8, 4) is 0 Å². The molecular formula is C24H33FN4O. The number of benzene rings is 1. The molecule has 0 saturated carbocycles. The molecule has 1 saturated heterocycles. The summed E-state index contributed by atoms with van der Waals surface area (Å²) in [7, 11) is 0. The molecule has 1 aromatic carbocycles. The largest absolute Gasteiger partial charge is 0.353 e. The van der Waals surface area contributed by atoms with Crippen LogP contribution in [0.5, 0.6) is 0 Å². The molecule has 1 fully saturated rings. The summed E-state index contributed by atoms with van der Waals surface area (Å²) in [6, 6.07) is 6.73. The first-order valence-corrected chi connectivity index (χ1v) is 11.1. The third kappa shape index (κ3) is 5.55. The molecule has 3 rings (SSSR count). The summed E-state index contributed by atoms with van der Waals surface area (Å²) in [6.07, 6.45) is 5.25. The van der Waals surface area contributed by atoms with Gasteiger partial charge < -0.3 is 9.80 Å². The average Bonchev–Trinajstić information content (AvgIpc) is 2.75. The summed E-state index contributed by atoms with van der Waals surface area (Å²) < 4.78 is 13.7. The highest BCUT2D eigenvalue weighted by atomic mass is 19.1. The molecule has 0 radical (unpaired) electrons. The van der Waals surface area contributed by atoms with Gasteiger partial charge in [0.2, 0.25) is 5.91 Å². The number of anilines is 1. The molecular weight excluding hydrogens is 379 g/mol. The third-order valence-corrected chi connectivity index (χ3v) is 5.71. The van der Waals surface area contributed by atoms with E-state index in [4.69, 9.17) is 4.98 Å². The minimum Gasteiger partial charge on any atom is -0.353 e. The number of halogens is 1. The van der Waals surface area contributed by atoms with Crippen LogP contribution < -0.4 is 4.90 Å². The van der Waals surface area contributed by atoms with E-state index in [0.29, 0.717) is 12.8 Å². The Balaban J connectivity index is 1.77. The second-order valence-corrected chi connectivity index (χ2v) is 8.00. The van der Waals surface area contributed by atoms with Crippen molar-refractivity contribution in [3.63, 3.8) is 0 Å². The Morgan fingerprint density at radius 1 is 1.10 bits per heavy atom. The molecule has 1 aliphatic rings. The highest BCUT2D eigenvalue weighted by Gasteiger charge is 2.25. The van der Waals surface area contributed by atoms with E-state index in [1.165, 1.54) is 6.07 Å². The summed E-state index contributed by atoms with van der Waals surface area (Å²) in [5.41, 5.74) is 3.00. The van der Waals surface area contributed by atoms with Gasteiger partial charge in [-0.3, -0.25) is 4.79 Å². The third-order valence-electron chi connectivity index (χ3n) is 5.71. The highest BCUT2D eigenvalue weighted by Crippen LogP contribution is 2.26. The molecule has 2 heterocycles. The molecule has 30 heavy (non-hydrogen) atoms. The van der Waals surface area contributed by atoms with E-state index in [-0.39, 0.29) is 11.7 Å². The van der Waals surface area contributed by atoms with Crippen LogP contribution in [0, 0.1) is 12.7 Å². The Morgan fingerprint density at radius 3 is 2.53 bits per heavy atom. The Hall–Kier alpha value is -2.50. The Kier molecular flexibility index (Phi) is 7.77. The predicted molar refractivity (Wildman–Crippen MR) is 118 cm³/mol. The van der Waals surface area contributed by atoms with E-state index in [9.17, 15) is 9.18 Å². The number of hydrogen-bond acceptors (Lipinski definition) is 4. The number of carbonyl (C=O) groups excluding carboxylic acids is 1. The minimum absolute atomic E-state index is 0.227.